The lowest BCUT2D eigenvalue weighted by Gasteiger charge is -2.38. The van der Waals surface area contributed by atoms with Gasteiger partial charge in [0, 0.05) is 38.3 Å². The summed E-state index contributed by atoms with van der Waals surface area (Å²) in [6.45, 7) is 6.25. The number of carbonyl (C=O) groups is 1. The van der Waals surface area contributed by atoms with Crippen LogP contribution in [0.1, 0.15) is 37.0 Å². The van der Waals surface area contributed by atoms with E-state index in [0.29, 0.717) is 6.04 Å². The van der Waals surface area contributed by atoms with Crippen LogP contribution in [-0.4, -0.2) is 52.9 Å². The van der Waals surface area contributed by atoms with E-state index in [4.69, 9.17) is 0 Å². The van der Waals surface area contributed by atoms with Gasteiger partial charge < -0.3 is 9.80 Å². The molecule has 120 valence electrons. The van der Waals surface area contributed by atoms with Gasteiger partial charge in [-0.2, -0.15) is 0 Å². The summed E-state index contributed by atoms with van der Waals surface area (Å²) >= 11 is 0. The van der Waals surface area contributed by atoms with Crippen molar-refractivity contribution in [2.45, 2.75) is 38.8 Å². The molecule has 1 aromatic carbocycles. The molecule has 1 fully saturated rings. The monoisotopic (exact) mass is 305 g/mol. The topological polar surface area (TPSA) is 66.7 Å². The predicted molar refractivity (Wildman–Crippen MR) is 84.9 cm³/mol. The number of rotatable bonds is 4. The highest BCUT2D eigenvalue weighted by atomic mass is 16.6. The Bertz CT molecular complexity index is 551. The van der Waals surface area contributed by atoms with Crippen LogP contribution in [0.4, 0.5) is 5.69 Å². The second-order valence-electron chi connectivity index (χ2n) is 6.05. The molecule has 0 atom stereocenters. The molecule has 1 aliphatic rings. The minimum absolute atomic E-state index is 0.126. The van der Waals surface area contributed by atoms with Gasteiger partial charge in [-0.15, -0.1) is 0 Å². The van der Waals surface area contributed by atoms with Crippen LogP contribution in [0.3, 0.4) is 0 Å². The van der Waals surface area contributed by atoms with Crippen molar-refractivity contribution in [1.82, 2.24) is 9.80 Å². The Morgan fingerprint density at radius 1 is 1.32 bits per heavy atom. The maximum Gasteiger partial charge on any atom is 0.282 e. The van der Waals surface area contributed by atoms with Crippen LogP contribution in [0.25, 0.3) is 0 Å². The van der Waals surface area contributed by atoms with Crippen molar-refractivity contribution in [2.24, 2.45) is 0 Å². The highest BCUT2D eigenvalue weighted by Gasteiger charge is 2.29. The van der Waals surface area contributed by atoms with E-state index in [1.807, 2.05) is 0 Å². The molecular formula is C16H23N3O3. The van der Waals surface area contributed by atoms with Crippen molar-refractivity contribution >= 4 is 11.6 Å². The lowest BCUT2D eigenvalue weighted by Crippen LogP contribution is -2.47. The van der Waals surface area contributed by atoms with Crippen molar-refractivity contribution in [3.05, 3.63) is 39.9 Å². The first-order chi connectivity index (χ1) is 10.4. The zero-order valence-corrected chi connectivity index (χ0v) is 13.4. The van der Waals surface area contributed by atoms with Gasteiger partial charge >= 0.3 is 0 Å². The van der Waals surface area contributed by atoms with Crippen molar-refractivity contribution in [3.63, 3.8) is 0 Å². The fourth-order valence-electron chi connectivity index (χ4n) is 2.96. The molecule has 1 heterocycles. The van der Waals surface area contributed by atoms with Crippen LogP contribution in [0, 0.1) is 10.1 Å². The van der Waals surface area contributed by atoms with E-state index in [0.717, 1.165) is 25.9 Å². The largest absolute Gasteiger partial charge is 0.338 e. The van der Waals surface area contributed by atoms with Gasteiger partial charge in [-0.25, -0.2) is 0 Å². The molecule has 1 aromatic rings. The van der Waals surface area contributed by atoms with E-state index in [2.05, 4.69) is 18.7 Å². The molecule has 6 nitrogen and oxygen atoms in total. The Morgan fingerprint density at radius 3 is 2.45 bits per heavy atom. The van der Waals surface area contributed by atoms with Crippen LogP contribution in [0.15, 0.2) is 24.3 Å². The number of likely N-dealkylation sites (tertiary alicyclic amines) is 1. The molecule has 1 amide bonds. The van der Waals surface area contributed by atoms with Gasteiger partial charge in [0.1, 0.15) is 5.56 Å². The molecule has 0 bridgehead atoms. The third kappa shape index (κ3) is 3.44. The lowest BCUT2D eigenvalue weighted by molar-refractivity contribution is -0.385. The molecule has 0 spiro atoms. The number of benzene rings is 1. The Hall–Kier alpha value is -1.95. The number of para-hydroxylation sites is 1. The van der Waals surface area contributed by atoms with Gasteiger partial charge in [0.15, 0.2) is 0 Å². The van der Waals surface area contributed by atoms with E-state index in [-0.39, 0.29) is 23.2 Å². The number of nitrogens with zero attached hydrogens (tertiary/aromatic N) is 3. The predicted octanol–water partition coefficient (Wildman–Crippen LogP) is 2.54. The smallest absolute Gasteiger partial charge is 0.282 e. The molecule has 1 aliphatic heterocycles. The maximum atomic E-state index is 12.6. The highest BCUT2D eigenvalue weighted by molar-refractivity contribution is 5.98. The van der Waals surface area contributed by atoms with Crippen LogP contribution in [0.5, 0.6) is 0 Å². The molecular weight excluding hydrogens is 282 g/mol. The number of nitro benzene ring substituents is 1. The van der Waals surface area contributed by atoms with E-state index in [1.165, 1.54) is 12.1 Å². The van der Waals surface area contributed by atoms with E-state index >= 15 is 0 Å². The second kappa shape index (κ2) is 6.87. The summed E-state index contributed by atoms with van der Waals surface area (Å²) in [5, 5.41) is 11.1. The van der Waals surface area contributed by atoms with E-state index in [1.54, 1.807) is 24.1 Å². The molecule has 22 heavy (non-hydrogen) atoms. The minimum Gasteiger partial charge on any atom is -0.338 e. The number of piperidine rings is 1. The third-order valence-corrected chi connectivity index (χ3v) is 4.43. The van der Waals surface area contributed by atoms with Crippen molar-refractivity contribution in [2.75, 3.05) is 20.1 Å². The SMILES string of the molecule is CC(C)N1CCC(N(C)C(=O)c2ccccc2[N+](=O)[O-])CC1. The highest BCUT2D eigenvalue weighted by Crippen LogP contribution is 2.23. The van der Waals surface area contributed by atoms with Crippen molar-refractivity contribution < 1.29 is 9.72 Å². The van der Waals surface area contributed by atoms with Gasteiger partial charge in [0.05, 0.1) is 4.92 Å². The van der Waals surface area contributed by atoms with Gasteiger partial charge in [-0.3, -0.25) is 14.9 Å². The first-order valence-electron chi connectivity index (χ1n) is 7.66. The molecule has 0 N–H and O–H groups in total. The summed E-state index contributed by atoms with van der Waals surface area (Å²) in [5.41, 5.74) is 0.0419. The summed E-state index contributed by atoms with van der Waals surface area (Å²) in [5.74, 6) is -0.268. The van der Waals surface area contributed by atoms with Crippen LogP contribution < -0.4 is 0 Å². The minimum atomic E-state index is -0.498. The van der Waals surface area contributed by atoms with E-state index < -0.39 is 4.92 Å². The summed E-state index contributed by atoms with van der Waals surface area (Å²) in [4.78, 5) is 27.2. The van der Waals surface area contributed by atoms with Gasteiger partial charge in [-0.05, 0) is 32.8 Å². The first-order valence-corrected chi connectivity index (χ1v) is 7.66. The van der Waals surface area contributed by atoms with Crippen LogP contribution in [0.2, 0.25) is 0 Å². The normalized spacial score (nSPS) is 16.7. The summed E-state index contributed by atoms with van der Waals surface area (Å²) < 4.78 is 0. The molecule has 0 radical (unpaired) electrons. The Kier molecular flexibility index (Phi) is 5.13. The lowest BCUT2D eigenvalue weighted by atomic mass is 10.0. The molecule has 6 heteroatoms. The zero-order valence-electron chi connectivity index (χ0n) is 13.4. The molecule has 1 saturated heterocycles. The van der Waals surface area contributed by atoms with Gasteiger partial charge in [0.25, 0.3) is 11.6 Å². The van der Waals surface area contributed by atoms with Crippen molar-refractivity contribution in [1.29, 1.82) is 0 Å². The fourth-order valence-corrected chi connectivity index (χ4v) is 2.96. The van der Waals surface area contributed by atoms with E-state index in [9.17, 15) is 14.9 Å². The summed E-state index contributed by atoms with van der Waals surface area (Å²) in [6.07, 6.45) is 1.81. The van der Waals surface area contributed by atoms with Crippen LogP contribution >= 0.6 is 0 Å². The number of hydrogen-bond donors (Lipinski definition) is 0. The van der Waals surface area contributed by atoms with Crippen molar-refractivity contribution in [3.8, 4) is 0 Å². The molecule has 0 saturated carbocycles. The molecule has 0 aromatic heterocycles. The van der Waals surface area contributed by atoms with Gasteiger partial charge in [0.2, 0.25) is 0 Å². The third-order valence-electron chi connectivity index (χ3n) is 4.43. The average Bonchev–Trinajstić information content (AvgIpc) is 2.53. The number of amides is 1. The number of carbonyl (C=O) groups excluding carboxylic acids is 1. The Morgan fingerprint density at radius 2 is 1.91 bits per heavy atom. The molecule has 0 aliphatic carbocycles. The quantitative estimate of drug-likeness (QED) is 0.633. The van der Waals surface area contributed by atoms with Gasteiger partial charge in [-0.1, -0.05) is 12.1 Å². The zero-order chi connectivity index (χ0) is 16.3. The standard InChI is InChI=1S/C16H23N3O3/c1-12(2)18-10-8-13(9-11-18)17(3)16(20)14-6-4-5-7-15(14)19(21)22/h4-7,12-13H,8-11H2,1-3H3. The molecule has 2 rings (SSSR count). The summed E-state index contributed by atoms with van der Waals surface area (Å²) in [6, 6.07) is 6.80. The summed E-state index contributed by atoms with van der Waals surface area (Å²) in [7, 11) is 1.74. The Balaban J connectivity index is 2.09. The number of nitro groups is 1. The first kappa shape index (κ1) is 16.4. The second-order valence-corrected chi connectivity index (χ2v) is 6.05. The number of hydrogen-bond acceptors (Lipinski definition) is 4. The Labute approximate surface area is 130 Å². The molecule has 0 unspecified atom stereocenters. The fraction of sp³-hybridized carbons (Fsp3) is 0.562. The average molecular weight is 305 g/mol. The van der Waals surface area contributed by atoms with Crippen LogP contribution in [-0.2, 0) is 0 Å². The maximum absolute atomic E-state index is 12.6.